The lowest BCUT2D eigenvalue weighted by molar-refractivity contribution is -0.132. The van der Waals surface area contributed by atoms with Crippen LogP contribution in [0.2, 0.25) is 0 Å². The number of anilines is 6. The number of carbonyl (C=O) groups is 3. The third kappa shape index (κ3) is 21.3. The molecule has 9 aliphatic rings. The number of hydrogen-bond donors (Lipinski definition) is 0. The Morgan fingerprint density at radius 3 is 1.10 bits per heavy atom. The molecule has 0 bridgehead atoms. The molecule has 12 heterocycles. The standard InChI is InChI=1S/C35H42FN7O3.C34H40FN7O3.C34H40FN7O2/c1-23(2)40-17-18-45-28(20-40)22-46-35-38-30-21-41(31-10-6-9-26-8-5-7-24(3)32(26)31)14-12-29(30)33(39-35)42-15-16-43(34(44)25(4)36)27(19-42)11-13-37;1-4-39-17-18-44-27(20-39)22-45-34-37-29-21-40(30-10-6-9-25-8-5-7-23(2)31(25)30)14-12-28(29)32(38-34)41-15-16-42(33(43)24(3)35)26(19-41)11-13-36;1-22(2)41-16-12-27(41)21-44-34-37-29-20-39(30-10-6-9-25-8-5-7-23(3)31(25)30)15-13-28(29)32(38-34)40-17-18-42(33(43)24(4)35)26(19-40)11-14-36/h5-10,23,27-28H,4,11-12,14-22H2,1-3H3;5-10,26-27H,3-4,11-12,14-22H2,1-2H3;5-10,22,26-27H,4,11-13,15-21H2,1-3H3/t27-,28?;2*26-,27?/m000/s1. The number of fused-ring (bicyclic) bond motifs is 6. The van der Waals surface area contributed by atoms with Gasteiger partial charge in [0.15, 0.2) is 17.5 Å². The lowest BCUT2D eigenvalue weighted by atomic mass is 9.99. The Labute approximate surface area is 788 Å². The number of ether oxygens (including phenoxy) is 5. The normalized spacial score (nSPS) is 20.4. The molecule has 3 amide bonds. The summed E-state index contributed by atoms with van der Waals surface area (Å²) in [7, 11) is 0. The number of hydrogen-bond acceptors (Lipinski definition) is 26. The topological polar surface area (TPSA) is 285 Å². The maximum atomic E-state index is 13.9. The average Bonchev–Trinajstić information content (AvgIpc) is 0.744. The van der Waals surface area contributed by atoms with Crippen LogP contribution in [-0.2, 0) is 62.8 Å². The van der Waals surface area contributed by atoms with E-state index in [4.69, 9.17) is 53.6 Å². The molecular formula is C103H122F3N21O8. The molecule has 0 spiro atoms. The molecular weight excluding hydrogens is 1720 g/mol. The Hall–Kier alpha value is -12.8. The van der Waals surface area contributed by atoms with Crippen LogP contribution < -0.4 is 43.6 Å². The number of benzene rings is 6. The van der Waals surface area contributed by atoms with Gasteiger partial charge in [0.2, 0.25) is 0 Å². The van der Waals surface area contributed by atoms with E-state index in [0.717, 1.165) is 123 Å². The van der Waals surface area contributed by atoms with E-state index in [1.165, 1.54) is 80.8 Å². The van der Waals surface area contributed by atoms with Gasteiger partial charge in [0, 0.05) is 179 Å². The number of nitriles is 3. The quantitative estimate of drug-likeness (QED) is 0.0508. The number of aryl methyl sites for hydroxylation is 3. The monoisotopic (exact) mass is 1840 g/mol. The predicted molar refractivity (Wildman–Crippen MR) is 516 cm³/mol. The van der Waals surface area contributed by atoms with Gasteiger partial charge in [0.25, 0.3) is 17.7 Å². The van der Waals surface area contributed by atoms with E-state index >= 15 is 0 Å². The summed E-state index contributed by atoms with van der Waals surface area (Å²) >= 11 is 0. The van der Waals surface area contributed by atoms with Crippen LogP contribution in [0.15, 0.2) is 146 Å². The molecule has 6 saturated heterocycles. The van der Waals surface area contributed by atoms with Crippen LogP contribution in [0.5, 0.6) is 18.0 Å². The minimum atomic E-state index is -1.02. The molecule has 29 nitrogen and oxygen atoms in total. The minimum Gasteiger partial charge on any atom is -0.462 e. The second-order valence-electron chi connectivity index (χ2n) is 36.9. The number of rotatable bonds is 24. The van der Waals surface area contributed by atoms with Crippen LogP contribution in [0, 0.1) is 54.8 Å². The zero-order valence-corrected chi connectivity index (χ0v) is 78.8. The molecule has 708 valence electrons. The number of piperazine rings is 3. The van der Waals surface area contributed by atoms with Crippen molar-refractivity contribution in [3.8, 4) is 36.2 Å². The lowest BCUT2D eigenvalue weighted by Crippen LogP contribution is -2.56. The number of amides is 3. The van der Waals surface area contributed by atoms with Gasteiger partial charge >= 0.3 is 18.0 Å². The third-order valence-electron chi connectivity index (χ3n) is 27.8. The second kappa shape index (κ2) is 42.8. The summed E-state index contributed by atoms with van der Waals surface area (Å²) < 4.78 is 72.3. The van der Waals surface area contributed by atoms with E-state index in [1.807, 2.05) is 0 Å². The Kier molecular flexibility index (Phi) is 30.3. The fourth-order valence-electron chi connectivity index (χ4n) is 20.6. The first-order valence-corrected chi connectivity index (χ1v) is 47.4. The zero-order valence-electron chi connectivity index (χ0n) is 78.8. The van der Waals surface area contributed by atoms with Crippen molar-refractivity contribution in [1.29, 1.82) is 15.8 Å². The van der Waals surface area contributed by atoms with E-state index in [-0.39, 0.29) is 63.1 Å². The lowest BCUT2D eigenvalue weighted by Gasteiger charge is -2.43. The van der Waals surface area contributed by atoms with Crippen LogP contribution in [0.25, 0.3) is 32.3 Å². The van der Waals surface area contributed by atoms with Crippen LogP contribution >= 0.6 is 0 Å². The molecule has 9 aliphatic heterocycles. The van der Waals surface area contributed by atoms with Gasteiger partial charge in [-0.25, -0.2) is 13.2 Å². The molecule has 135 heavy (non-hydrogen) atoms. The largest absolute Gasteiger partial charge is 0.462 e. The Balaban J connectivity index is 0.000000147. The summed E-state index contributed by atoms with van der Waals surface area (Å²) in [6.45, 7) is 42.1. The average molecular weight is 1840 g/mol. The molecule has 0 radical (unpaired) electrons. The first-order chi connectivity index (χ1) is 65.3. The van der Waals surface area contributed by atoms with E-state index in [2.05, 4.69) is 247 Å². The van der Waals surface area contributed by atoms with Gasteiger partial charge in [-0.3, -0.25) is 29.1 Å². The highest BCUT2D eigenvalue weighted by atomic mass is 19.1. The molecule has 18 rings (SSSR count). The molecule has 6 atom stereocenters. The van der Waals surface area contributed by atoms with Gasteiger partial charge in [-0.1, -0.05) is 118 Å². The third-order valence-corrected chi connectivity index (χ3v) is 27.8. The van der Waals surface area contributed by atoms with Gasteiger partial charge < -0.3 is 67.8 Å². The molecule has 3 unspecified atom stereocenters. The maximum Gasteiger partial charge on any atom is 0.318 e. The highest BCUT2D eigenvalue weighted by molar-refractivity contribution is 5.99. The van der Waals surface area contributed by atoms with Crippen molar-refractivity contribution in [2.45, 2.75) is 168 Å². The number of nitrogens with zero attached hydrogens (tertiary/aromatic N) is 21. The van der Waals surface area contributed by atoms with E-state index in [0.29, 0.717) is 129 Å². The van der Waals surface area contributed by atoms with Crippen LogP contribution in [0.4, 0.5) is 47.7 Å². The summed E-state index contributed by atoms with van der Waals surface area (Å²) in [5.41, 5.74) is 13.0. The fourth-order valence-corrected chi connectivity index (χ4v) is 20.6. The highest BCUT2D eigenvalue weighted by Crippen LogP contribution is 2.42. The van der Waals surface area contributed by atoms with Crippen molar-refractivity contribution in [1.82, 2.24) is 59.3 Å². The van der Waals surface area contributed by atoms with Gasteiger partial charge in [-0.05, 0) is 132 Å². The second-order valence-corrected chi connectivity index (χ2v) is 36.9. The smallest absolute Gasteiger partial charge is 0.318 e. The van der Waals surface area contributed by atoms with Crippen LogP contribution in [-0.4, -0.2) is 276 Å². The Morgan fingerprint density at radius 2 is 0.770 bits per heavy atom. The van der Waals surface area contributed by atoms with Gasteiger partial charge in [-0.15, -0.1) is 0 Å². The van der Waals surface area contributed by atoms with Crippen LogP contribution in [0.3, 0.4) is 0 Å². The summed E-state index contributed by atoms with van der Waals surface area (Å²) in [4.78, 5) is 92.1. The minimum absolute atomic E-state index is 0.0751. The number of likely N-dealkylation sites (N-methyl/N-ethyl adjacent to an activating group) is 1. The van der Waals surface area contributed by atoms with Crippen molar-refractivity contribution in [3.05, 3.63) is 197 Å². The SMILES string of the molecule is C=C(F)C(=O)N1CCN(c2nc(OCC3CCN3C(C)C)nc3c2CCN(c2cccc4cccc(C)c24)C3)C[C@@H]1CC#N.C=C(F)C(=O)N1CCN(c2nc(OCC3CN(C(C)C)CCO3)nc3c2CCN(c2cccc4cccc(C)c24)C3)C[C@@H]1CC#N.C=C(F)C(=O)N1CCN(c2nc(OCC3CN(CC)CCO3)nc3c2CCN(c2cccc4cccc(C)c24)C3)C[C@@H]1CC#N. The van der Waals surface area contributed by atoms with Gasteiger partial charge in [0.1, 0.15) is 49.5 Å². The molecule has 0 saturated carbocycles. The van der Waals surface area contributed by atoms with Crippen molar-refractivity contribution in [2.24, 2.45) is 0 Å². The van der Waals surface area contributed by atoms with Crippen molar-refractivity contribution in [2.75, 3.05) is 180 Å². The van der Waals surface area contributed by atoms with Crippen LogP contribution in [0.1, 0.15) is 111 Å². The van der Waals surface area contributed by atoms with E-state index in [9.17, 15) is 43.3 Å². The Bertz CT molecular complexity index is 6030. The fraction of sp³-hybridized carbons (Fsp3) is 0.476. The predicted octanol–water partition coefficient (Wildman–Crippen LogP) is 13.2. The molecule has 3 aromatic heterocycles. The maximum absolute atomic E-state index is 13.9. The summed E-state index contributed by atoms with van der Waals surface area (Å²) in [6.07, 6.45) is 3.31. The molecule has 0 aliphatic carbocycles. The summed E-state index contributed by atoms with van der Waals surface area (Å²) in [6, 6.07) is 45.5. The van der Waals surface area contributed by atoms with Crippen molar-refractivity contribution < 1.29 is 51.2 Å². The zero-order chi connectivity index (χ0) is 94.8. The summed E-state index contributed by atoms with van der Waals surface area (Å²) in [5, 5.41) is 35.9. The molecule has 32 heteroatoms. The van der Waals surface area contributed by atoms with E-state index < -0.39 is 53.3 Å². The number of likely N-dealkylation sites (tertiary alicyclic amines) is 1. The molecule has 6 aromatic carbocycles. The number of carbonyl (C=O) groups excluding carboxylic acids is 3. The van der Waals surface area contributed by atoms with Gasteiger partial charge in [0.05, 0.1) is 106 Å². The van der Waals surface area contributed by atoms with Crippen molar-refractivity contribution >= 4 is 84.6 Å². The van der Waals surface area contributed by atoms with E-state index in [1.54, 1.807) is 0 Å². The first kappa shape index (κ1) is 95.4. The first-order valence-electron chi connectivity index (χ1n) is 47.4. The molecule has 9 aromatic rings. The molecule has 6 fully saturated rings. The van der Waals surface area contributed by atoms with Gasteiger partial charge in [-0.2, -0.15) is 45.7 Å². The molecule has 0 N–H and O–H groups in total. The summed E-state index contributed by atoms with van der Waals surface area (Å²) in [5.74, 6) is -3.05. The number of morpholine rings is 2. The number of aromatic nitrogens is 6. The Morgan fingerprint density at radius 1 is 0.422 bits per heavy atom. The van der Waals surface area contributed by atoms with Crippen molar-refractivity contribution in [3.63, 3.8) is 0 Å². The highest BCUT2D eigenvalue weighted by Gasteiger charge is 2.41. The number of halogens is 3.